The van der Waals surface area contributed by atoms with Crippen LogP contribution in [0.3, 0.4) is 0 Å². The second-order valence-corrected chi connectivity index (χ2v) is 9.85. The maximum Gasteiger partial charge on any atom is 0.170 e. The van der Waals surface area contributed by atoms with Crippen LogP contribution in [-0.4, -0.2) is 37.6 Å². The Morgan fingerprint density at radius 1 is 0.946 bits per heavy atom. The van der Waals surface area contributed by atoms with Crippen molar-refractivity contribution >= 4 is 23.0 Å². The predicted molar refractivity (Wildman–Crippen MR) is 154 cm³/mol. The molecular formula is C30H34N6S. The van der Waals surface area contributed by atoms with Crippen molar-refractivity contribution in [1.82, 2.24) is 24.8 Å². The third-order valence-corrected chi connectivity index (χ3v) is 7.68. The third kappa shape index (κ3) is 4.83. The van der Waals surface area contributed by atoms with Crippen molar-refractivity contribution in [3.8, 4) is 5.69 Å². The molecule has 37 heavy (non-hydrogen) atoms. The number of aromatic nitrogens is 3. The van der Waals surface area contributed by atoms with Gasteiger partial charge in [0, 0.05) is 61.0 Å². The van der Waals surface area contributed by atoms with E-state index >= 15 is 0 Å². The molecule has 0 amide bonds. The summed E-state index contributed by atoms with van der Waals surface area (Å²) in [6.45, 7) is 11.5. The molecule has 0 saturated carbocycles. The maximum absolute atomic E-state index is 5.89. The molecule has 0 spiro atoms. The van der Waals surface area contributed by atoms with Gasteiger partial charge in [-0.2, -0.15) is 0 Å². The number of nitrogens with one attached hydrogen (secondary N) is 1. The standard InChI is InChI=1S/C30H34N6S/c1-5-34(6-2)24-10-12-25(13-11-24)36-21(3)19-26(22(36)4)29-28(27-9-7-8-16-32-27)33-30(37)35(29)20-23-14-17-31-18-15-23/h7-19,28-29H,5-6,20H2,1-4H3,(H,33,37). The summed E-state index contributed by atoms with van der Waals surface area (Å²) in [7, 11) is 0. The molecule has 4 aromatic rings. The highest BCUT2D eigenvalue weighted by Crippen LogP contribution is 2.42. The molecule has 1 fully saturated rings. The van der Waals surface area contributed by atoms with Crippen LogP contribution in [0, 0.1) is 13.8 Å². The first kappa shape index (κ1) is 25.0. The molecule has 2 unspecified atom stereocenters. The monoisotopic (exact) mass is 510 g/mol. The minimum absolute atomic E-state index is 0.00506. The molecule has 0 aliphatic carbocycles. The first-order valence-corrected chi connectivity index (χ1v) is 13.3. The molecular weight excluding hydrogens is 476 g/mol. The minimum Gasteiger partial charge on any atom is -0.372 e. The van der Waals surface area contributed by atoms with Crippen LogP contribution in [0.1, 0.15) is 54.1 Å². The average Bonchev–Trinajstić information content (AvgIpc) is 3.40. The molecule has 1 aliphatic rings. The first-order chi connectivity index (χ1) is 18.0. The van der Waals surface area contributed by atoms with E-state index in [4.69, 9.17) is 17.2 Å². The highest BCUT2D eigenvalue weighted by atomic mass is 32.1. The fraction of sp³-hybridized carbons (Fsp3) is 0.300. The number of nitrogens with zero attached hydrogens (tertiary/aromatic N) is 5. The summed E-state index contributed by atoms with van der Waals surface area (Å²) in [6, 6.07) is 21.3. The van der Waals surface area contributed by atoms with E-state index in [0.717, 1.165) is 23.9 Å². The molecule has 2 atom stereocenters. The second-order valence-electron chi connectivity index (χ2n) is 9.46. The van der Waals surface area contributed by atoms with Crippen LogP contribution < -0.4 is 10.2 Å². The Kier molecular flexibility index (Phi) is 7.24. The molecule has 0 bridgehead atoms. The lowest BCUT2D eigenvalue weighted by atomic mass is 9.96. The van der Waals surface area contributed by atoms with Gasteiger partial charge in [0.1, 0.15) is 0 Å². The number of rotatable bonds is 8. The zero-order chi connectivity index (χ0) is 25.9. The molecule has 7 heteroatoms. The van der Waals surface area contributed by atoms with Crippen LogP contribution in [0.4, 0.5) is 5.69 Å². The summed E-state index contributed by atoms with van der Waals surface area (Å²) >= 11 is 5.89. The molecule has 3 aromatic heterocycles. The summed E-state index contributed by atoms with van der Waals surface area (Å²) in [6.07, 6.45) is 5.52. The van der Waals surface area contributed by atoms with Gasteiger partial charge in [-0.25, -0.2) is 0 Å². The number of pyridine rings is 2. The minimum atomic E-state index is -0.0467. The highest BCUT2D eigenvalue weighted by molar-refractivity contribution is 7.80. The smallest absolute Gasteiger partial charge is 0.170 e. The number of aryl methyl sites for hydroxylation is 1. The van der Waals surface area contributed by atoms with Crippen molar-refractivity contribution in [3.63, 3.8) is 0 Å². The largest absolute Gasteiger partial charge is 0.372 e. The number of benzene rings is 1. The molecule has 6 nitrogen and oxygen atoms in total. The van der Waals surface area contributed by atoms with Crippen molar-refractivity contribution in [2.24, 2.45) is 0 Å². The summed E-state index contributed by atoms with van der Waals surface area (Å²) < 4.78 is 2.35. The van der Waals surface area contributed by atoms with E-state index in [-0.39, 0.29) is 12.1 Å². The molecule has 1 N–H and O–H groups in total. The van der Waals surface area contributed by atoms with Gasteiger partial charge in [0.2, 0.25) is 0 Å². The van der Waals surface area contributed by atoms with Gasteiger partial charge < -0.3 is 19.7 Å². The van der Waals surface area contributed by atoms with Gasteiger partial charge in [-0.3, -0.25) is 9.97 Å². The van der Waals surface area contributed by atoms with Crippen LogP contribution in [0.2, 0.25) is 0 Å². The van der Waals surface area contributed by atoms with Crippen molar-refractivity contribution in [2.75, 3.05) is 18.0 Å². The molecule has 1 saturated heterocycles. The third-order valence-electron chi connectivity index (χ3n) is 7.33. The summed E-state index contributed by atoms with van der Waals surface area (Å²) in [5.74, 6) is 0. The number of anilines is 1. The first-order valence-electron chi connectivity index (χ1n) is 12.9. The Bertz CT molecular complexity index is 1350. The summed E-state index contributed by atoms with van der Waals surface area (Å²) in [5, 5.41) is 4.32. The Hall–Kier alpha value is -3.71. The number of thiocarbonyl (C=S) groups is 1. The molecule has 5 rings (SSSR count). The van der Waals surface area contributed by atoms with Gasteiger partial charge in [-0.15, -0.1) is 0 Å². The second kappa shape index (κ2) is 10.7. The zero-order valence-electron chi connectivity index (χ0n) is 21.9. The van der Waals surface area contributed by atoms with Gasteiger partial charge in [-0.05, 0) is 106 Å². The van der Waals surface area contributed by atoms with Crippen LogP contribution in [-0.2, 0) is 6.54 Å². The number of hydrogen-bond acceptors (Lipinski definition) is 4. The van der Waals surface area contributed by atoms with Crippen molar-refractivity contribution in [3.05, 3.63) is 107 Å². The molecule has 1 aliphatic heterocycles. The van der Waals surface area contributed by atoms with Gasteiger partial charge in [0.25, 0.3) is 0 Å². The Morgan fingerprint density at radius 2 is 1.68 bits per heavy atom. The van der Waals surface area contributed by atoms with E-state index < -0.39 is 0 Å². The van der Waals surface area contributed by atoms with Gasteiger partial charge in [0.15, 0.2) is 5.11 Å². The lowest BCUT2D eigenvalue weighted by Crippen LogP contribution is -2.29. The normalized spacial score (nSPS) is 17.2. The van der Waals surface area contributed by atoms with E-state index in [9.17, 15) is 0 Å². The van der Waals surface area contributed by atoms with Crippen molar-refractivity contribution in [2.45, 2.75) is 46.3 Å². The lowest BCUT2D eigenvalue weighted by Gasteiger charge is -2.28. The fourth-order valence-corrected chi connectivity index (χ4v) is 5.79. The Morgan fingerprint density at radius 3 is 2.32 bits per heavy atom. The SMILES string of the molecule is CCN(CC)c1ccc(-n2c(C)cc(C3C(c4ccccn4)NC(=S)N3Cc3ccncc3)c2C)cc1. The maximum atomic E-state index is 5.89. The lowest BCUT2D eigenvalue weighted by molar-refractivity contribution is 0.310. The fourth-order valence-electron chi connectivity index (χ4n) is 5.48. The van der Waals surface area contributed by atoms with E-state index in [1.54, 1.807) is 0 Å². The van der Waals surface area contributed by atoms with Crippen molar-refractivity contribution < 1.29 is 0 Å². The van der Waals surface area contributed by atoms with Crippen molar-refractivity contribution in [1.29, 1.82) is 0 Å². The van der Waals surface area contributed by atoms with Gasteiger partial charge >= 0.3 is 0 Å². The van der Waals surface area contributed by atoms with Crippen LogP contribution >= 0.6 is 12.2 Å². The molecule has 1 aromatic carbocycles. The predicted octanol–water partition coefficient (Wildman–Crippen LogP) is 5.90. The van der Waals surface area contributed by atoms with E-state index in [1.165, 1.54) is 33.9 Å². The Balaban J connectivity index is 1.56. The van der Waals surface area contributed by atoms with E-state index in [2.05, 4.69) is 101 Å². The van der Waals surface area contributed by atoms with Gasteiger partial charge in [-0.1, -0.05) is 6.07 Å². The van der Waals surface area contributed by atoms with E-state index in [0.29, 0.717) is 6.54 Å². The molecule has 190 valence electrons. The summed E-state index contributed by atoms with van der Waals surface area (Å²) in [4.78, 5) is 13.5. The summed E-state index contributed by atoms with van der Waals surface area (Å²) in [5.41, 5.74) is 8.24. The topological polar surface area (TPSA) is 49.2 Å². The van der Waals surface area contributed by atoms with E-state index in [1.807, 2.05) is 30.7 Å². The molecule has 4 heterocycles. The average molecular weight is 511 g/mol. The quantitative estimate of drug-likeness (QED) is 0.298. The zero-order valence-corrected chi connectivity index (χ0v) is 22.7. The van der Waals surface area contributed by atoms with Gasteiger partial charge in [0.05, 0.1) is 17.8 Å². The Labute approximate surface area is 225 Å². The molecule has 0 radical (unpaired) electrons. The van der Waals surface area contributed by atoms with Crippen LogP contribution in [0.25, 0.3) is 5.69 Å². The highest BCUT2D eigenvalue weighted by Gasteiger charge is 2.41. The van der Waals surface area contributed by atoms with Crippen LogP contribution in [0.5, 0.6) is 0 Å². The number of hydrogen-bond donors (Lipinski definition) is 1. The van der Waals surface area contributed by atoms with Crippen LogP contribution in [0.15, 0.2) is 79.3 Å².